The number of carbonyl (C=O) groups excluding carboxylic acids is 1. The molecule has 1 aliphatic rings. The lowest BCUT2D eigenvalue weighted by Gasteiger charge is -2.22. The van der Waals surface area contributed by atoms with Crippen molar-refractivity contribution in [1.82, 2.24) is 10.2 Å². The van der Waals surface area contributed by atoms with Gasteiger partial charge in [0.25, 0.3) is 0 Å². The minimum Gasteiger partial charge on any atom is -0.476 e. The summed E-state index contributed by atoms with van der Waals surface area (Å²) in [6.45, 7) is 5.30. The maximum atomic E-state index is 11.8. The molecule has 0 atom stereocenters. The highest BCUT2D eigenvalue weighted by atomic mass is 16.6. The summed E-state index contributed by atoms with van der Waals surface area (Å²) in [5.74, 6) is -0.798. The van der Waals surface area contributed by atoms with Crippen LogP contribution in [0.1, 0.15) is 55.2 Å². The number of anilines is 1. The van der Waals surface area contributed by atoms with Crippen LogP contribution in [0.15, 0.2) is 0 Å². The fourth-order valence-electron chi connectivity index (χ4n) is 2.32. The molecular weight excluding hydrogens is 274 g/mol. The van der Waals surface area contributed by atoms with Gasteiger partial charge in [0.05, 0.1) is 0 Å². The monoisotopic (exact) mass is 293 g/mol. The first-order chi connectivity index (χ1) is 9.78. The lowest BCUT2D eigenvalue weighted by Crippen LogP contribution is -2.28. The Morgan fingerprint density at radius 2 is 1.76 bits per heavy atom. The third kappa shape index (κ3) is 3.68. The van der Waals surface area contributed by atoms with Crippen molar-refractivity contribution >= 4 is 17.9 Å². The molecule has 0 aromatic carbocycles. The Kier molecular flexibility index (Phi) is 4.11. The summed E-state index contributed by atoms with van der Waals surface area (Å²) in [4.78, 5) is 23.0. The standard InChI is InChI=1S/C14H19N3O4/c1-14(2,3)21-13(20)15-11-9-7-5-4-6-8(9)10(12(18)19)16-17-11/h4-7H2,1-3H3,(H,18,19)(H,15,17,20). The quantitative estimate of drug-likeness (QED) is 0.868. The van der Waals surface area contributed by atoms with Gasteiger partial charge in [-0.15, -0.1) is 10.2 Å². The molecule has 0 spiro atoms. The van der Waals surface area contributed by atoms with E-state index in [9.17, 15) is 9.59 Å². The lowest BCUT2D eigenvalue weighted by atomic mass is 9.91. The van der Waals surface area contributed by atoms with Gasteiger partial charge in [-0.1, -0.05) is 0 Å². The van der Waals surface area contributed by atoms with Crippen LogP contribution in [0.3, 0.4) is 0 Å². The molecule has 0 bridgehead atoms. The number of aromatic carboxylic acids is 1. The van der Waals surface area contributed by atoms with E-state index in [-0.39, 0.29) is 5.69 Å². The molecule has 0 aliphatic heterocycles. The molecule has 21 heavy (non-hydrogen) atoms. The fourth-order valence-corrected chi connectivity index (χ4v) is 2.32. The number of fused-ring (bicyclic) bond motifs is 1. The highest BCUT2D eigenvalue weighted by molar-refractivity contribution is 5.89. The zero-order chi connectivity index (χ0) is 15.6. The van der Waals surface area contributed by atoms with Gasteiger partial charge < -0.3 is 9.84 Å². The Balaban J connectivity index is 2.29. The Morgan fingerprint density at radius 1 is 1.14 bits per heavy atom. The van der Waals surface area contributed by atoms with Crippen molar-refractivity contribution in [2.75, 3.05) is 5.32 Å². The minimum atomic E-state index is -1.09. The first-order valence-electron chi connectivity index (χ1n) is 6.89. The second-order valence-electron chi connectivity index (χ2n) is 5.99. The van der Waals surface area contributed by atoms with Crippen LogP contribution in [0.25, 0.3) is 0 Å². The van der Waals surface area contributed by atoms with Gasteiger partial charge in [-0.2, -0.15) is 0 Å². The third-order valence-electron chi connectivity index (χ3n) is 3.11. The number of aromatic nitrogens is 2. The van der Waals surface area contributed by atoms with E-state index < -0.39 is 17.7 Å². The summed E-state index contributed by atoms with van der Waals surface area (Å²) in [7, 11) is 0. The van der Waals surface area contributed by atoms with Gasteiger partial charge in [-0.05, 0) is 52.0 Å². The average molecular weight is 293 g/mol. The van der Waals surface area contributed by atoms with E-state index in [2.05, 4.69) is 15.5 Å². The van der Waals surface area contributed by atoms with E-state index in [4.69, 9.17) is 9.84 Å². The Bertz CT molecular complexity index is 578. The maximum Gasteiger partial charge on any atom is 0.413 e. The number of carboxylic acids is 1. The average Bonchev–Trinajstić information content (AvgIpc) is 2.36. The van der Waals surface area contributed by atoms with Gasteiger partial charge in [0, 0.05) is 5.56 Å². The van der Waals surface area contributed by atoms with Crippen molar-refractivity contribution in [3.8, 4) is 0 Å². The summed E-state index contributed by atoms with van der Waals surface area (Å²) in [5, 5.41) is 19.3. The summed E-state index contributed by atoms with van der Waals surface area (Å²) in [5.41, 5.74) is 0.771. The fraction of sp³-hybridized carbons (Fsp3) is 0.571. The van der Waals surface area contributed by atoms with Crippen molar-refractivity contribution in [3.63, 3.8) is 0 Å². The van der Waals surface area contributed by atoms with Crippen LogP contribution in [-0.2, 0) is 17.6 Å². The molecule has 2 N–H and O–H groups in total. The molecule has 0 fully saturated rings. The number of amides is 1. The SMILES string of the molecule is CC(C)(C)OC(=O)Nc1nnc(C(=O)O)c2c1CCCC2. The van der Waals surface area contributed by atoms with Gasteiger partial charge >= 0.3 is 12.1 Å². The lowest BCUT2D eigenvalue weighted by molar-refractivity contribution is 0.0634. The van der Waals surface area contributed by atoms with Crippen LogP contribution < -0.4 is 5.32 Å². The van der Waals surface area contributed by atoms with Gasteiger partial charge in [0.1, 0.15) is 5.60 Å². The van der Waals surface area contributed by atoms with Crippen molar-refractivity contribution in [2.24, 2.45) is 0 Å². The predicted molar refractivity (Wildman–Crippen MR) is 75.5 cm³/mol. The number of carbonyl (C=O) groups is 2. The summed E-state index contributed by atoms with van der Waals surface area (Å²) in [6.07, 6.45) is 2.53. The largest absolute Gasteiger partial charge is 0.476 e. The molecule has 0 radical (unpaired) electrons. The number of nitrogens with one attached hydrogen (secondary N) is 1. The zero-order valence-corrected chi connectivity index (χ0v) is 12.4. The maximum absolute atomic E-state index is 11.8. The molecule has 7 nitrogen and oxygen atoms in total. The van der Waals surface area contributed by atoms with E-state index in [1.807, 2.05) is 0 Å². The molecule has 0 saturated carbocycles. The molecule has 1 amide bonds. The first kappa shape index (κ1) is 15.2. The van der Waals surface area contributed by atoms with Crippen molar-refractivity contribution in [2.45, 2.75) is 52.1 Å². The smallest absolute Gasteiger partial charge is 0.413 e. The van der Waals surface area contributed by atoms with Crippen LogP contribution >= 0.6 is 0 Å². The molecule has 0 saturated heterocycles. The van der Waals surface area contributed by atoms with E-state index in [1.54, 1.807) is 20.8 Å². The summed E-state index contributed by atoms with van der Waals surface area (Å²) < 4.78 is 5.18. The second-order valence-corrected chi connectivity index (χ2v) is 5.99. The van der Waals surface area contributed by atoms with Crippen LogP contribution in [0.2, 0.25) is 0 Å². The highest BCUT2D eigenvalue weighted by Crippen LogP contribution is 2.28. The van der Waals surface area contributed by atoms with Gasteiger partial charge in [0.2, 0.25) is 0 Å². The van der Waals surface area contributed by atoms with E-state index in [0.29, 0.717) is 24.2 Å². The van der Waals surface area contributed by atoms with Crippen molar-refractivity contribution < 1.29 is 19.4 Å². The molecule has 1 aliphatic carbocycles. The van der Waals surface area contributed by atoms with Crippen molar-refractivity contribution in [3.05, 3.63) is 16.8 Å². The highest BCUT2D eigenvalue weighted by Gasteiger charge is 2.25. The topological polar surface area (TPSA) is 101 Å². The molecule has 1 aromatic heterocycles. The van der Waals surface area contributed by atoms with Crippen molar-refractivity contribution in [1.29, 1.82) is 0 Å². The van der Waals surface area contributed by atoms with Gasteiger partial charge in [-0.25, -0.2) is 9.59 Å². The molecule has 1 aromatic rings. The number of hydrogen-bond acceptors (Lipinski definition) is 5. The molecule has 0 unspecified atom stereocenters. The number of nitrogens with zero attached hydrogens (tertiary/aromatic N) is 2. The second kappa shape index (κ2) is 5.67. The van der Waals surface area contributed by atoms with E-state index in [0.717, 1.165) is 18.4 Å². The third-order valence-corrected chi connectivity index (χ3v) is 3.11. The molecular formula is C14H19N3O4. The number of ether oxygens (including phenoxy) is 1. The van der Waals surface area contributed by atoms with Gasteiger partial charge in [0.15, 0.2) is 11.5 Å². The minimum absolute atomic E-state index is 0.0283. The Labute approximate surface area is 122 Å². The van der Waals surface area contributed by atoms with Crippen LogP contribution in [0.4, 0.5) is 10.6 Å². The predicted octanol–water partition coefficient (Wildman–Crippen LogP) is 2.40. The molecule has 114 valence electrons. The number of rotatable bonds is 2. The number of hydrogen-bond donors (Lipinski definition) is 2. The first-order valence-corrected chi connectivity index (χ1v) is 6.89. The Morgan fingerprint density at radius 3 is 2.33 bits per heavy atom. The van der Waals surface area contributed by atoms with Crippen LogP contribution in [0.5, 0.6) is 0 Å². The van der Waals surface area contributed by atoms with Crippen LogP contribution in [-0.4, -0.2) is 33.0 Å². The van der Waals surface area contributed by atoms with E-state index in [1.165, 1.54) is 0 Å². The van der Waals surface area contributed by atoms with E-state index >= 15 is 0 Å². The number of carboxylic acid groups (broad SMARTS) is 1. The normalized spacial score (nSPS) is 14.2. The zero-order valence-electron chi connectivity index (χ0n) is 12.4. The van der Waals surface area contributed by atoms with Gasteiger partial charge in [-0.3, -0.25) is 5.32 Å². The summed E-state index contributed by atoms with van der Waals surface area (Å²) in [6, 6.07) is 0. The molecule has 1 heterocycles. The Hall–Kier alpha value is -2.18. The molecule has 7 heteroatoms. The summed E-state index contributed by atoms with van der Waals surface area (Å²) >= 11 is 0. The van der Waals surface area contributed by atoms with Crippen LogP contribution in [0, 0.1) is 0 Å². The molecule has 2 rings (SSSR count).